The lowest BCUT2D eigenvalue weighted by Gasteiger charge is -2.08. The van der Waals surface area contributed by atoms with Gasteiger partial charge < -0.3 is 14.2 Å². The zero-order valence-electron chi connectivity index (χ0n) is 13.8. The molecule has 0 aromatic heterocycles. The molecule has 0 radical (unpaired) electrons. The highest BCUT2D eigenvalue weighted by molar-refractivity contribution is 5.96. The zero-order chi connectivity index (χ0) is 17.8. The van der Waals surface area contributed by atoms with Crippen molar-refractivity contribution in [1.82, 2.24) is 0 Å². The Morgan fingerprint density at radius 3 is 2.04 bits per heavy atom. The fourth-order valence-corrected chi connectivity index (χ4v) is 2.45. The van der Waals surface area contributed by atoms with E-state index in [2.05, 4.69) is 4.74 Å². The minimum absolute atomic E-state index is 0.272. The molecule has 0 unspecified atom stereocenters. The van der Waals surface area contributed by atoms with Gasteiger partial charge in [0.25, 0.3) is 0 Å². The summed E-state index contributed by atoms with van der Waals surface area (Å²) in [5.74, 6) is 0.0800. The van der Waals surface area contributed by atoms with E-state index in [1.807, 2.05) is 24.3 Å². The van der Waals surface area contributed by atoms with E-state index in [1.165, 1.54) is 13.2 Å². The van der Waals surface area contributed by atoms with E-state index in [0.717, 1.165) is 16.5 Å². The molecule has 0 N–H and O–H groups in total. The molecule has 5 heteroatoms. The molecule has 0 heterocycles. The van der Waals surface area contributed by atoms with E-state index in [9.17, 15) is 9.59 Å². The number of fused-ring (bicyclic) bond motifs is 1. The van der Waals surface area contributed by atoms with Crippen molar-refractivity contribution in [1.29, 1.82) is 0 Å². The summed E-state index contributed by atoms with van der Waals surface area (Å²) in [7, 11) is 2.88. The Hall–Kier alpha value is -3.34. The highest BCUT2D eigenvalue weighted by Crippen LogP contribution is 2.25. The first-order chi connectivity index (χ1) is 12.1. The summed E-state index contributed by atoms with van der Waals surface area (Å²) >= 11 is 0. The topological polar surface area (TPSA) is 61.8 Å². The number of benzene rings is 3. The SMILES string of the molecule is COC(=O)c1cccc(C(=O)Oc2ccc3ccc(OC)cc3c2)c1. The Bertz CT molecular complexity index is 946. The first-order valence-corrected chi connectivity index (χ1v) is 7.59. The second kappa shape index (κ2) is 7.05. The van der Waals surface area contributed by atoms with Crippen molar-refractivity contribution in [2.75, 3.05) is 14.2 Å². The first-order valence-electron chi connectivity index (χ1n) is 7.59. The average molecular weight is 336 g/mol. The molecule has 0 atom stereocenters. The van der Waals surface area contributed by atoms with Crippen LogP contribution in [0.5, 0.6) is 11.5 Å². The Labute approximate surface area is 144 Å². The molecule has 0 spiro atoms. The molecular formula is C20H16O5. The van der Waals surface area contributed by atoms with Crippen LogP contribution in [-0.2, 0) is 4.74 Å². The lowest BCUT2D eigenvalue weighted by atomic mass is 10.1. The standard InChI is InChI=1S/C20H16O5/c1-23-17-8-6-13-7-9-18(12-16(13)11-17)25-20(22)15-5-3-4-14(10-15)19(21)24-2/h3-12H,1-2H3. The van der Waals surface area contributed by atoms with Crippen LogP contribution in [0.3, 0.4) is 0 Å². The van der Waals surface area contributed by atoms with Gasteiger partial charge in [-0.2, -0.15) is 0 Å². The number of hydrogen-bond acceptors (Lipinski definition) is 5. The van der Waals surface area contributed by atoms with Gasteiger partial charge in [0.05, 0.1) is 25.3 Å². The van der Waals surface area contributed by atoms with E-state index in [4.69, 9.17) is 9.47 Å². The number of carbonyl (C=O) groups excluding carboxylic acids is 2. The second-order valence-electron chi connectivity index (χ2n) is 5.34. The third kappa shape index (κ3) is 3.61. The van der Waals surface area contributed by atoms with E-state index in [-0.39, 0.29) is 5.56 Å². The largest absolute Gasteiger partial charge is 0.497 e. The van der Waals surface area contributed by atoms with Crippen LogP contribution >= 0.6 is 0 Å². The van der Waals surface area contributed by atoms with Gasteiger partial charge in [0.15, 0.2) is 0 Å². The molecule has 0 amide bonds. The summed E-state index contributed by atoms with van der Waals surface area (Å²) in [5, 5.41) is 1.90. The number of methoxy groups -OCH3 is 2. The minimum Gasteiger partial charge on any atom is -0.497 e. The van der Waals surface area contributed by atoms with Crippen LogP contribution in [0.4, 0.5) is 0 Å². The Kier molecular flexibility index (Phi) is 4.66. The lowest BCUT2D eigenvalue weighted by molar-refractivity contribution is 0.0600. The van der Waals surface area contributed by atoms with Crippen LogP contribution in [0.25, 0.3) is 10.8 Å². The molecule has 0 aliphatic rings. The fourth-order valence-electron chi connectivity index (χ4n) is 2.45. The smallest absolute Gasteiger partial charge is 0.343 e. The first kappa shape index (κ1) is 16.5. The molecule has 25 heavy (non-hydrogen) atoms. The van der Waals surface area contributed by atoms with Crippen molar-refractivity contribution in [2.45, 2.75) is 0 Å². The third-order valence-corrected chi connectivity index (χ3v) is 3.75. The maximum Gasteiger partial charge on any atom is 0.343 e. The Morgan fingerprint density at radius 1 is 0.720 bits per heavy atom. The molecule has 5 nitrogen and oxygen atoms in total. The summed E-state index contributed by atoms with van der Waals surface area (Å²) in [6.07, 6.45) is 0. The van der Waals surface area contributed by atoms with Gasteiger partial charge >= 0.3 is 11.9 Å². The van der Waals surface area contributed by atoms with Crippen molar-refractivity contribution >= 4 is 22.7 Å². The third-order valence-electron chi connectivity index (χ3n) is 3.75. The zero-order valence-corrected chi connectivity index (χ0v) is 13.8. The predicted octanol–water partition coefficient (Wildman–Crippen LogP) is 3.85. The van der Waals surface area contributed by atoms with E-state index in [1.54, 1.807) is 37.4 Å². The monoisotopic (exact) mass is 336 g/mol. The van der Waals surface area contributed by atoms with Gasteiger partial charge in [-0.3, -0.25) is 0 Å². The number of rotatable bonds is 4. The molecule has 0 bridgehead atoms. The number of esters is 2. The Balaban J connectivity index is 1.85. The normalized spacial score (nSPS) is 10.3. The van der Waals surface area contributed by atoms with Crippen LogP contribution in [-0.4, -0.2) is 26.2 Å². The second-order valence-corrected chi connectivity index (χ2v) is 5.34. The van der Waals surface area contributed by atoms with Gasteiger partial charge in [0, 0.05) is 0 Å². The minimum atomic E-state index is -0.548. The molecule has 3 aromatic carbocycles. The van der Waals surface area contributed by atoms with Crippen molar-refractivity contribution in [2.24, 2.45) is 0 Å². The average Bonchev–Trinajstić information content (AvgIpc) is 2.66. The molecule has 0 saturated heterocycles. The number of carbonyl (C=O) groups is 2. The number of hydrogen-bond donors (Lipinski definition) is 0. The molecule has 0 aliphatic carbocycles. The van der Waals surface area contributed by atoms with Gasteiger partial charge in [-0.1, -0.05) is 18.2 Å². The fraction of sp³-hybridized carbons (Fsp3) is 0.100. The maximum atomic E-state index is 12.3. The summed E-state index contributed by atoms with van der Waals surface area (Å²) in [6.45, 7) is 0. The molecule has 126 valence electrons. The van der Waals surface area contributed by atoms with Crippen LogP contribution < -0.4 is 9.47 Å². The van der Waals surface area contributed by atoms with Crippen molar-refractivity contribution in [3.8, 4) is 11.5 Å². The van der Waals surface area contributed by atoms with Gasteiger partial charge in [-0.15, -0.1) is 0 Å². The van der Waals surface area contributed by atoms with Gasteiger partial charge in [0.2, 0.25) is 0 Å². The summed E-state index contributed by atoms with van der Waals surface area (Å²) < 4.78 is 15.3. The van der Waals surface area contributed by atoms with Crippen molar-refractivity contribution in [3.05, 3.63) is 71.8 Å². The molecular weight excluding hydrogens is 320 g/mol. The Morgan fingerprint density at radius 2 is 1.36 bits per heavy atom. The van der Waals surface area contributed by atoms with Crippen LogP contribution in [0.15, 0.2) is 60.7 Å². The molecule has 0 fully saturated rings. The molecule has 3 rings (SSSR count). The van der Waals surface area contributed by atoms with Crippen LogP contribution in [0.1, 0.15) is 20.7 Å². The van der Waals surface area contributed by atoms with Crippen molar-refractivity contribution < 1.29 is 23.8 Å². The number of ether oxygens (including phenoxy) is 3. The summed E-state index contributed by atoms with van der Waals surface area (Å²) in [4.78, 5) is 23.9. The quantitative estimate of drug-likeness (QED) is 0.535. The highest BCUT2D eigenvalue weighted by Gasteiger charge is 2.13. The summed E-state index contributed by atoms with van der Waals surface area (Å²) in [5.41, 5.74) is 0.564. The lowest BCUT2D eigenvalue weighted by Crippen LogP contribution is -2.10. The molecule has 0 aliphatic heterocycles. The van der Waals surface area contributed by atoms with Crippen LogP contribution in [0.2, 0.25) is 0 Å². The predicted molar refractivity (Wildman–Crippen MR) is 93.2 cm³/mol. The maximum absolute atomic E-state index is 12.3. The van der Waals surface area contributed by atoms with E-state index >= 15 is 0 Å². The molecule has 0 saturated carbocycles. The summed E-state index contributed by atoms with van der Waals surface area (Å²) in [6, 6.07) is 17.2. The van der Waals surface area contributed by atoms with Gasteiger partial charge in [0.1, 0.15) is 11.5 Å². The van der Waals surface area contributed by atoms with Crippen molar-refractivity contribution in [3.63, 3.8) is 0 Å². The van der Waals surface area contributed by atoms with Gasteiger partial charge in [-0.25, -0.2) is 9.59 Å². The van der Waals surface area contributed by atoms with E-state index in [0.29, 0.717) is 11.3 Å². The molecule has 3 aromatic rings. The van der Waals surface area contributed by atoms with Gasteiger partial charge in [-0.05, 0) is 53.2 Å². The van der Waals surface area contributed by atoms with E-state index < -0.39 is 11.9 Å². The van der Waals surface area contributed by atoms with Crippen LogP contribution in [0, 0.1) is 0 Å². The highest BCUT2D eigenvalue weighted by atomic mass is 16.5.